The summed E-state index contributed by atoms with van der Waals surface area (Å²) in [7, 11) is 3.89. The standard InChI is InChI=1S/C19H17ClN6O2/c1-25(2)10-11-8-21-17-13(18(23-11)12-5-3-4-6-15(12)20)7-16(26(27)28)19-14(17)9-22-24-19/h3-9,21H,10H2,1-2H3,(H,22,24). The number of likely N-dealkylation sites (N-methyl/N-ethyl adjacent to an activating group) is 1. The Labute approximate surface area is 165 Å². The molecule has 28 heavy (non-hydrogen) atoms. The van der Waals surface area contributed by atoms with Gasteiger partial charge in [-0.15, -0.1) is 0 Å². The Balaban J connectivity index is 2.04. The number of halogens is 1. The molecular formula is C19H17ClN6O2. The Kier molecular flexibility index (Phi) is 4.58. The van der Waals surface area contributed by atoms with Crippen molar-refractivity contribution < 1.29 is 4.92 Å². The van der Waals surface area contributed by atoms with Crippen molar-refractivity contribution in [2.75, 3.05) is 26.0 Å². The predicted octanol–water partition coefficient (Wildman–Crippen LogP) is 3.79. The molecule has 4 rings (SSSR count). The van der Waals surface area contributed by atoms with Crippen LogP contribution in [0.25, 0.3) is 10.9 Å². The lowest BCUT2D eigenvalue weighted by atomic mass is 9.97. The zero-order valence-electron chi connectivity index (χ0n) is 15.2. The van der Waals surface area contributed by atoms with Gasteiger partial charge in [0.1, 0.15) is 5.52 Å². The summed E-state index contributed by atoms with van der Waals surface area (Å²) in [5.74, 6) is 0. The summed E-state index contributed by atoms with van der Waals surface area (Å²) in [5.41, 5.74) is 3.64. The number of hydrogen-bond donors (Lipinski definition) is 2. The van der Waals surface area contributed by atoms with Gasteiger partial charge in [-0.05, 0) is 20.2 Å². The molecule has 0 bridgehead atoms. The number of nitro benzene ring substituents is 1. The number of aromatic nitrogens is 2. The van der Waals surface area contributed by atoms with Gasteiger partial charge in [-0.2, -0.15) is 5.10 Å². The van der Waals surface area contributed by atoms with E-state index < -0.39 is 4.92 Å². The number of benzene rings is 2. The largest absolute Gasteiger partial charge is 0.359 e. The van der Waals surface area contributed by atoms with Gasteiger partial charge in [0.05, 0.1) is 33.6 Å². The van der Waals surface area contributed by atoms with Gasteiger partial charge in [0.15, 0.2) is 0 Å². The van der Waals surface area contributed by atoms with Gasteiger partial charge in [-0.25, -0.2) is 4.99 Å². The third kappa shape index (κ3) is 3.12. The van der Waals surface area contributed by atoms with Crippen LogP contribution >= 0.6 is 11.6 Å². The molecule has 0 aliphatic carbocycles. The fourth-order valence-electron chi connectivity index (χ4n) is 3.24. The van der Waals surface area contributed by atoms with Gasteiger partial charge in [-0.3, -0.25) is 15.2 Å². The molecule has 1 aliphatic heterocycles. The number of nitro groups is 1. The quantitative estimate of drug-likeness (QED) is 0.516. The average Bonchev–Trinajstić information content (AvgIpc) is 3.06. The van der Waals surface area contributed by atoms with Crippen molar-refractivity contribution in [2.45, 2.75) is 0 Å². The molecule has 2 heterocycles. The summed E-state index contributed by atoms with van der Waals surface area (Å²) >= 11 is 6.45. The highest BCUT2D eigenvalue weighted by atomic mass is 35.5. The van der Waals surface area contributed by atoms with Crippen molar-refractivity contribution in [3.8, 4) is 0 Å². The second-order valence-corrected chi connectivity index (χ2v) is 7.10. The van der Waals surface area contributed by atoms with E-state index in [0.717, 1.165) is 5.70 Å². The number of fused-ring (bicyclic) bond motifs is 3. The lowest BCUT2D eigenvalue weighted by molar-refractivity contribution is -0.383. The molecule has 0 amide bonds. The lowest BCUT2D eigenvalue weighted by Crippen LogP contribution is -2.15. The van der Waals surface area contributed by atoms with Crippen LogP contribution in [0, 0.1) is 10.1 Å². The fraction of sp³-hybridized carbons (Fsp3) is 0.158. The molecule has 0 atom stereocenters. The molecule has 1 aromatic heterocycles. The molecule has 0 radical (unpaired) electrons. The highest BCUT2D eigenvalue weighted by Gasteiger charge is 2.26. The molecule has 2 aromatic carbocycles. The van der Waals surface area contributed by atoms with E-state index in [-0.39, 0.29) is 5.69 Å². The third-order valence-electron chi connectivity index (χ3n) is 4.41. The molecule has 0 unspecified atom stereocenters. The Hall–Kier alpha value is -3.23. The molecule has 0 saturated carbocycles. The van der Waals surface area contributed by atoms with Crippen LogP contribution in [-0.2, 0) is 0 Å². The monoisotopic (exact) mass is 396 g/mol. The van der Waals surface area contributed by atoms with E-state index in [1.165, 1.54) is 6.07 Å². The topological polar surface area (TPSA) is 99.4 Å². The summed E-state index contributed by atoms with van der Waals surface area (Å²) < 4.78 is 0. The maximum Gasteiger partial charge on any atom is 0.295 e. The number of aliphatic imine (C=N–C) groups is 1. The molecule has 0 fully saturated rings. The summed E-state index contributed by atoms with van der Waals surface area (Å²) in [6.45, 7) is 0.589. The van der Waals surface area contributed by atoms with Crippen molar-refractivity contribution >= 4 is 39.6 Å². The number of rotatable bonds is 4. The van der Waals surface area contributed by atoms with Crippen LogP contribution in [0.1, 0.15) is 11.1 Å². The number of nitrogens with zero attached hydrogens (tertiary/aromatic N) is 4. The molecule has 9 heteroatoms. The van der Waals surface area contributed by atoms with Gasteiger partial charge < -0.3 is 10.2 Å². The van der Waals surface area contributed by atoms with Crippen molar-refractivity contribution in [1.29, 1.82) is 0 Å². The minimum atomic E-state index is -0.427. The molecule has 3 aromatic rings. The molecule has 142 valence electrons. The van der Waals surface area contributed by atoms with E-state index >= 15 is 0 Å². The molecule has 0 spiro atoms. The number of H-pyrrole nitrogens is 1. The Morgan fingerprint density at radius 1 is 1.25 bits per heavy atom. The SMILES string of the molecule is CN(C)CC1=CNc2c(cc([N+](=O)[O-])c3[nH]ncc23)C(c2ccccc2Cl)=N1. The van der Waals surface area contributed by atoms with E-state index in [2.05, 4.69) is 15.5 Å². The van der Waals surface area contributed by atoms with Gasteiger partial charge in [0.25, 0.3) is 5.69 Å². The zero-order chi connectivity index (χ0) is 19.8. The molecule has 1 aliphatic rings. The van der Waals surface area contributed by atoms with E-state index in [1.807, 2.05) is 37.2 Å². The minimum Gasteiger partial charge on any atom is -0.359 e. The van der Waals surface area contributed by atoms with Crippen molar-refractivity contribution in [3.63, 3.8) is 0 Å². The highest BCUT2D eigenvalue weighted by Crippen LogP contribution is 2.37. The second kappa shape index (κ2) is 7.06. The Morgan fingerprint density at radius 2 is 2.04 bits per heavy atom. The maximum absolute atomic E-state index is 11.7. The van der Waals surface area contributed by atoms with Gasteiger partial charge in [-0.1, -0.05) is 29.8 Å². The van der Waals surface area contributed by atoms with E-state index in [1.54, 1.807) is 18.5 Å². The van der Waals surface area contributed by atoms with Crippen LogP contribution in [0.3, 0.4) is 0 Å². The highest BCUT2D eigenvalue weighted by molar-refractivity contribution is 6.36. The lowest BCUT2D eigenvalue weighted by Gasteiger charge is -2.13. The number of anilines is 1. The van der Waals surface area contributed by atoms with Gasteiger partial charge in [0.2, 0.25) is 0 Å². The molecule has 0 saturated heterocycles. The summed E-state index contributed by atoms with van der Waals surface area (Å²) in [6, 6.07) is 8.84. The van der Waals surface area contributed by atoms with Crippen molar-refractivity contribution in [1.82, 2.24) is 15.1 Å². The van der Waals surface area contributed by atoms with Crippen LogP contribution in [0.15, 0.2) is 53.4 Å². The third-order valence-corrected chi connectivity index (χ3v) is 4.74. The second-order valence-electron chi connectivity index (χ2n) is 6.69. The molecule has 2 N–H and O–H groups in total. The van der Waals surface area contributed by atoms with Crippen LogP contribution in [-0.4, -0.2) is 46.4 Å². The van der Waals surface area contributed by atoms with E-state index in [0.29, 0.717) is 45.0 Å². The fourth-order valence-corrected chi connectivity index (χ4v) is 3.46. The summed E-state index contributed by atoms with van der Waals surface area (Å²) in [6.07, 6.45) is 3.38. The first-order valence-corrected chi connectivity index (χ1v) is 8.92. The predicted molar refractivity (Wildman–Crippen MR) is 110 cm³/mol. The van der Waals surface area contributed by atoms with Crippen molar-refractivity contribution in [3.05, 3.63) is 74.7 Å². The van der Waals surface area contributed by atoms with Crippen LogP contribution in [0.4, 0.5) is 11.4 Å². The average molecular weight is 397 g/mol. The van der Waals surface area contributed by atoms with Crippen LogP contribution < -0.4 is 5.32 Å². The minimum absolute atomic E-state index is 0.0659. The van der Waals surface area contributed by atoms with Crippen molar-refractivity contribution in [2.24, 2.45) is 4.99 Å². The number of hydrogen-bond acceptors (Lipinski definition) is 6. The molecular weight excluding hydrogens is 380 g/mol. The van der Waals surface area contributed by atoms with Gasteiger partial charge in [0, 0.05) is 35.0 Å². The van der Waals surface area contributed by atoms with Crippen LogP contribution in [0.5, 0.6) is 0 Å². The molecule has 8 nitrogen and oxygen atoms in total. The first kappa shape index (κ1) is 18.1. The van der Waals surface area contributed by atoms with Crippen LogP contribution in [0.2, 0.25) is 5.02 Å². The summed E-state index contributed by atoms with van der Waals surface area (Å²) in [5, 5.41) is 22.8. The summed E-state index contributed by atoms with van der Waals surface area (Å²) in [4.78, 5) is 18.0. The first-order chi connectivity index (χ1) is 13.5. The smallest absolute Gasteiger partial charge is 0.295 e. The normalized spacial score (nSPS) is 13.6. The Bertz CT molecular complexity index is 1150. The number of aromatic amines is 1. The number of nitrogens with one attached hydrogen (secondary N) is 2. The maximum atomic E-state index is 11.7. The van der Waals surface area contributed by atoms with Gasteiger partial charge >= 0.3 is 0 Å². The van der Waals surface area contributed by atoms with E-state index in [4.69, 9.17) is 16.6 Å². The first-order valence-electron chi connectivity index (χ1n) is 8.54. The zero-order valence-corrected chi connectivity index (χ0v) is 16.0. The Morgan fingerprint density at radius 3 is 2.75 bits per heavy atom. The number of non-ortho nitro benzene ring substituents is 1. The van der Waals surface area contributed by atoms with E-state index in [9.17, 15) is 10.1 Å².